The monoisotopic (exact) mass is 621 g/mol. The van der Waals surface area contributed by atoms with Gasteiger partial charge in [-0.15, -0.1) is 0 Å². The third kappa shape index (κ3) is 4.26. The third-order valence-electron chi connectivity index (χ3n) is 10.8. The Kier molecular flexibility index (Phi) is 6.53. The average molecular weight is 622 g/mol. The first-order valence-electron chi connectivity index (χ1n) is 17.5. The van der Waals surface area contributed by atoms with E-state index in [4.69, 9.17) is 4.42 Å². The SMILES string of the molecule is CC(C)c1ccc(N2c3ccc(C(C)C)cc3B3c4cc(C(C)C)ccc4-c4cc(-c5cccc6oc7ccccc7c56)cc2c43)cc1. The van der Waals surface area contributed by atoms with E-state index >= 15 is 0 Å². The summed E-state index contributed by atoms with van der Waals surface area (Å²) in [5, 5.41) is 2.33. The van der Waals surface area contributed by atoms with Crippen molar-refractivity contribution in [3.63, 3.8) is 0 Å². The predicted molar refractivity (Wildman–Crippen MR) is 206 cm³/mol. The topological polar surface area (TPSA) is 16.4 Å². The maximum Gasteiger partial charge on any atom is 0.248 e. The van der Waals surface area contributed by atoms with Crippen LogP contribution >= 0.6 is 0 Å². The first-order chi connectivity index (χ1) is 23.3. The summed E-state index contributed by atoms with van der Waals surface area (Å²) in [6.07, 6.45) is 0. The summed E-state index contributed by atoms with van der Waals surface area (Å²) in [4.78, 5) is 2.53. The summed E-state index contributed by atoms with van der Waals surface area (Å²) < 4.78 is 6.37. The van der Waals surface area contributed by atoms with Crippen molar-refractivity contribution in [2.45, 2.75) is 59.3 Å². The molecule has 0 N–H and O–H groups in total. The van der Waals surface area contributed by atoms with Gasteiger partial charge in [0.15, 0.2) is 0 Å². The van der Waals surface area contributed by atoms with Gasteiger partial charge in [-0.25, -0.2) is 0 Å². The number of hydrogen-bond donors (Lipinski definition) is 0. The lowest BCUT2D eigenvalue weighted by atomic mass is 9.37. The standard InChI is InChI=1S/C45H40BNO/c1-26(2)29-14-18-33(19-15-29)47-40-21-17-31(28(5)6)24-39(40)46-38-23-30(27(3)4)16-20-35(38)37-22-32(25-41(47)45(37)46)34-11-9-13-43-44(34)36-10-7-8-12-42(36)48-43/h7-28H,1-6H3. The van der Waals surface area contributed by atoms with Crippen molar-refractivity contribution in [2.75, 3.05) is 4.90 Å². The van der Waals surface area contributed by atoms with E-state index in [1.807, 2.05) is 0 Å². The van der Waals surface area contributed by atoms with E-state index in [1.54, 1.807) is 0 Å². The van der Waals surface area contributed by atoms with Gasteiger partial charge in [0.25, 0.3) is 0 Å². The van der Waals surface area contributed by atoms with Gasteiger partial charge in [-0.2, -0.15) is 0 Å². The molecule has 0 saturated carbocycles. The van der Waals surface area contributed by atoms with Crippen LogP contribution in [0.3, 0.4) is 0 Å². The second-order valence-electron chi connectivity index (χ2n) is 14.7. The molecule has 0 spiro atoms. The summed E-state index contributed by atoms with van der Waals surface area (Å²) >= 11 is 0. The molecule has 3 heterocycles. The molecular weight excluding hydrogens is 581 g/mol. The van der Waals surface area contributed by atoms with E-state index in [2.05, 4.69) is 162 Å². The zero-order valence-electron chi connectivity index (χ0n) is 28.6. The molecule has 3 heteroatoms. The van der Waals surface area contributed by atoms with Gasteiger partial charge in [0.1, 0.15) is 11.2 Å². The van der Waals surface area contributed by atoms with Gasteiger partial charge in [-0.3, -0.25) is 0 Å². The lowest BCUT2D eigenvalue weighted by molar-refractivity contribution is 0.669. The second kappa shape index (κ2) is 10.8. The Balaban J connectivity index is 1.38. The smallest absolute Gasteiger partial charge is 0.248 e. The van der Waals surface area contributed by atoms with Crippen molar-refractivity contribution in [3.8, 4) is 22.3 Å². The van der Waals surface area contributed by atoms with Crippen molar-refractivity contribution in [1.29, 1.82) is 0 Å². The van der Waals surface area contributed by atoms with Crippen molar-refractivity contribution in [3.05, 3.63) is 132 Å². The van der Waals surface area contributed by atoms with Crippen LogP contribution in [0.5, 0.6) is 0 Å². The Morgan fingerprint density at radius 1 is 0.521 bits per heavy atom. The molecule has 1 aromatic heterocycles. The van der Waals surface area contributed by atoms with Crippen LogP contribution in [0.2, 0.25) is 0 Å². The van der Waals surface area contributed by atoms with E-state index in [9.17, 15) is 0 Å². The average Bonchev–Trinajstić information content (AvgIpc) is 3.64. The van der Waals surface area contributed by atoms with Crippen molar-refractivity contribution in [1.82, 2.24) is 0 Å². The summed E-state index contributed by atoms with van der Waals surface area (Å²) in [6, 6.07) is 43.5. The highest BCUT2D eigenvalue weighted by Crippen LogP contribution is 2.45. The molecule has 6 aromatic carbocycles. The Morgan fingerprint density at radius 2 is 1.19 bits per heavy atom. The highest BCUT2D eigenvalue weighted by atomic mass is 16.3. The van der Waals surface area contributed by atoms with E-state index in [-0.39, 0.29) is 6.71 Å². The van der Waals surface area contributed by atoms with Crippen LogP contribution in [0.15, 0.2) is 120 Å². The van der Waals surface area contributed by atoms with Crippen LogP contribution in [0.4, 0.5) is 17.1 Å². The Labute approximate surface area is 284 Å². The molecule has 0 radical (unpaired) electrons. The Hall–Kier alpha value is -5.02. The van der Waals surface area contributed by atoms with E-state index in [0.717, 1.165) is 16.6 Å². The zero-order valence-corrected chi connectivity index (χ0v) is 28.6. The first kappa shape index (κ1) is 29.1. The molecule has 9 rings (SSSR count). The fourth-order valence-corrected chi connectivity index (χ4v) is 8.21. The molecule has 0 atom stereocenters. The number of nitrogens with zero attached hydrogens (tertiary/aromatic N) is 1. The van der Waals surface area contributed by atoms with Crippen molar-refractivity contribution < 1.29 is 4.42 Å². The summed E-state index contributed by atoms with van der Waals surface area (Å²) in [6.45, 7) is 13.9. The normalized spacial score (nSPS) is 13.3. The lowest BCUT2D eigenvalue weighted by Gasteiger charge is -2.37. The fourth-order valence-electron chi connectivity index (χ4n) is 8.21. The number of rotatable bonds is 5. The third-order valence-corrected chi connectivity index (χ3v) is 10.8. The van der Waals surface area contributed by atoms with Crippen LogP contribution in [-0.2, 0) is 0 Å². The molecule has 0 fully saturated rings. The van der Waals surface area contributed by atoms with E-state index in [1.165, 1.54) is 77.8 Å². The quantitative estimate of drug-likeness (QED) is 0.178. The molecule has 2 aliphatic rings. The van der Waals surface area contributed by atoms with Gasteiger partial charge < -0.3 is 9.32 Å². The number of benzene rings is 6. The van der Waals surface area contributed by atoms with Gasteiger partial charge in [-0.1, -0.05) is 120 Å². The molecule has 0 aliphatic carbocycles. The predicted octanol–water partition coefficient (Wildman–Crippen LogP) is 10.9. The van der Waals surface area contributed by atoms with Gasteiger partial charge in [-0.05, 0) is 110 Å². The van der Waals surface area contributed by atoms with Gasteiger partial charge >= 0.3 is 0 Å². The highest BCUT2D eigenvalue weighted by Gasteiger charge is 2.43. The maximum atomic E-state index is 6.37. The van der Waals surface area contributed by atoms with Gasteiger partial charge in [0, 0.05) is 27.8 Å². The number of para-hydroxylation sites is 1. The lowest BCUT2D eigenvalue weighted by Crippen LogP contribution is -2.55. The minimum Gasteiger partial charge on any atom is -0.456 e. The number of furan rings is 1. The van der Waals surface area contributed by atoms with Crippen LogP contribution in [-0.4, -0.2) is 6.71 Å². The van der Waals surface area contributed by atoms with Crippen molar-refractivity contribution in [2.24, 2.45) is 0 Å². The van der Waals surface area contributed by atoms with Crippen LogP contribution in [0.25, 0.3) is 44.2 Å². The number of anilines is 3. The van der Waals surface area contributed by atoms with Crippen LogP contribution < -0.4 is 21.3 Å². The molecule has 234 valence electrons. The largest absolute Gasteiger partial charge is 0.456 e. The van der Waals surface area contributed by atoms with Crippen LogP contribution in [0.1, 0.15) is 76.0 Å². The number of fused-ring (bicyclic) bond motifs is 8. The molecule has 2 nitrogen and oxygen atoms in total. The maximum absolute atomic E-state index is 6.37. The summed E-state index contributed by atoms with van der Waals surface area (Å²) in [5.74, 6) is 1.39. The minimum atomic E-state index is 0.184. The van der Waals surface area contributed by atoms with E-state index < -0.39 is 0 Å². The molecule has 0 bridgehead atoms. The van der Waals surface area contributed by atoms with E-state index in [0.29, 0.717) is 17.8 Å². The molecule has 48 heavy (non-hydrogen) atoms. The molecular formula is C45H40BNO. The molecule has 0 unspecified atom stereocenters. The zero-order chi connectivity index (χ0) is 32.8. The Morgan fingerprint density at radius 3 is 1.94 bits per heavy atom. The van der Waals surface area contributed by atoms with Crippen molar-refractivity contribution >= 4 is 62.1 Å². The molecule has 2 aliphatic heterocycles. The highest BCUT2D eigenvalue weighted by molar-refractivity contribution is 7.01. The molecule has 7 aromatic rings. The first-order valence-corrected chi connectivity index (χ1v) is 17.5. The Bertz CT molecular complexity index is 2390. The van der Waals surface area contributed by atoms with Gasteiger partial charge in [0.05, 0.1) is 0 Å². The summed E-state index contributed by atoms with van der Waals surface area (Å²) in [7, 11) is 0. The van der Waals surface area contributed by atoms with Gasteiger partial charge in [0.2, 0.25) is 6.71 Å². The second-order valence-corrected chi connectivity index (χ2v) is 14.7. The van der Waals surface area contributed by atoms with Crippen LogP contribution in [0, 0.1) is 0 Å². The minimum absolute atomic E-state index is 0.184. The summed E-state index contributed by atoms with van der Waals surface area (Å²) in [5.41, 5.74) is 19.1. The molecule has 0 amide bonds. The number of hydrogen-bond acceptors (Lipinski definition) is 2. The fraction of sp³-hybridized carbons (Fsp3) is 0.200. The molecule has 0 saturated heterocycles.